The molecular weight excluding hydrogens is 164 g/mol. The van der Waals surface area contributed by atoms with Crippen LogP contribution in [-0.2, 0) is 14.2 Å². The van der Waals surface area contributed by atoms with E-state index >= 15 is 0 Å². The molecule has 5 heteroatoms. The van der Waals surface area contributed by atoms with E-state index in [0.717, 1.165) is 0 Å². The molecule has 5 atom stereocenters. The van der Waals surface area contributed by atoms with Crippen molar-refractivity contribution in [3.05, 3.63) is 0 Å². The van der Waals surface area contributed by atoms with Gasteiger partial charge in [-0.3, -0.25) is 0 Å². The molecule has 0 aromatic heterocycles. The molecule has 2 saturated heterocycles. The van der Waals surface area contributed by atoms with Gasteiger partial charge in [0.2, 0.25) is 0 Å². The van der Waals surface area contributed by atoms with Crippen LogP contribution in [0.3, 0.4) is 0 Å². The number of hydrogen-bond acceptors (Lipinski definition) is 5. The SMILES string of the molecule is CO[C@H]1O[C@H]2CO[C@H]([C@@H]1O)[C@@H]2O. The van der Waals surface area contributed by atoms with Crippen molar-refractivity contribution in [2.75, 3.05) is 13.7 Å². The standard InChI is InChI=1S/C7H12O5/c1-10-7-5(9)6-4(8)3(12-7)2-11-6/h3-9H,2H2,1H3/t3-,4+,5-,6-,7-/m0/s1. The van der Waals surface area contributed by atoms with E-state index < -0.39 is 24.6 Å². The predicted molar refractivity (Wildman–Crippen MR) is 37.4 cm³/mol. The summed E-state index contributed by atoms with van der Waals surface area (Å²) < 4.78 is 15.2. The van der Waals surface area contributed by atoms with Gasteiger partial charge in [-0.15, -0.1) is 0 Å². The summed E-state index contributed by atoms with van der Waals surface area (Å²) in [4.78, 5) is 0. The summed E-state index contributed by atoms with van der Waals surface area (Å²) >= 11 is 0. The Hall–Kier alpha value is -0.200. The van der Waals surface area contributed by atoms with Crippen LogP contribution < -0.4 is 0 Å². The van der Waals surface area contributed by atoms with Gasteiger partial charge in [0.1, 0.15) is 24.4 Å². The third kappa shape index (κ3) is 1.06. The van der Waals surface area contributed by atoms with Gasteiger partial charge in [-0.05, 0) is 0 Å². The first-order valence-electron chi connectivity index (χ1n) is 3.90. The molecule has 2 bridgehead atoms. The van der Waals surface area contributed by atoms with Crippen molar-refractivity contribution in [1.29, 1.82) is 0 Å². The highest BCUT2D eigenvalue weighted by molar-refractivity contribution is 4.94. The average Bonchev–Trinajstić information content (AvgIpc) is 2.31. The van der Waals surface area contributed by atoms with Crippen molar-refractivity contribution >= 4 is 0 Å². The molecule has 0 aromatic rings. The molecule has 70 valence electrons. The lowest BCUT2D eigenvalue weighted by Crippen LogP contribution is -2.53. The minimum atomic E-state index is -0.899. The quantitative estimate of drug-likeness (QED) is 0.507. The summed E-state index contributed by atoms with van der Waals surface area (Å²) in [5.74, 6) is 0. The summed E-state index contributed by atoms with van der Waals surface area (Å²) in [6.45, 7) is 0.322. The molecule has 0 radical (unpaired) electrons. The van der Waals surface area contributed by atoms with Crippen LogP contribution in [0.5, 0.6) is 0 Å². The maximum absolute atomic E-state index is 9.49. The van der Waals surface area contributed by atoms with E-state index in [1.807, 2.05) is 0 Å². The van der Waals surface area contributed by atoms with E-state index in [1.54, 1.807) is 0 Å². The molecule has 5 nitrogen and oxygen atoms in total. The Morgan fingerprint density at radius 3 is 2.75 bits per heavy atom. The van der Waals surface area contributed by atoms with Crippen LogP contribution in [0.25, 0.3) is 0 Å². The summed E-state index contributed by atoms with van der Waals surface area (Å²) in [6, 6.07) is 0. The first-order valence-corrected chi connectivity index (χ1v) is 3.90. The second-order valence-electron chi connectivity index (χ2n) is 3.06. The van der Waals surface area contributed by atoms with Gasteiger partial charge in [0.15, 0.2) is 6.29 Å². The van der Waals surface area contributed by atoms with Crippen LogP contribution in [0.4, 0.5) is 0 Å². The first-order chi connectivity index (χ1) is 5.74. The third-order valence-corrected chi connectivity index (χ3v) is 2.33. The molecular formula is C7H12O5. The normalized spacial score (nSPS) is 52.8. The number of fused-ring (bicyclic) bond motifs is 2. The zero-order chi connectivity index (χ0) is 8.72. The Bertz CT molecular complexity index is 173. The van der Waals surface area contributed by atoms with Crippen molar-refractivity contribution in [3.8, 4) is 0 Å². The average molecular weight is 176 g/mol. The van der Waals surface area contributed by atoms with E-state index in [-0.39, 0.29) is 6.10 Å². The smallest absolute Gasteiger partial charge is 0.186 e. The lowest BCUT2D eigenvalue weighted by atomic mass is 10.0. The molecule has 2 aliphatic rings. The lowest BCUT2D eigenvalue weighted by molar-refractivity contribution is -0.253. The number of rotatable bonds is 1. The fourth-order valence-electron chi connectivity index (χ4n) is 1.64. The van der Waals surface area contributed by atoms with Gasteiger partial charge < -0.3 is 24.4 Å². The molecule has 2 heterocycles. The van der Waals surface area contributed by atoms with Crippen LogP contribution >= 0.6 is 0 Å². The number of ether oxygens (including phenoxy) is 3. The Labute approximate surface area is 69.8 Å². The number of aliphatic hydroxyl groups excluding tert-OH is 2. The summed E-state index contributed by atoms with van der Waals surface area (Å²) in [5, 5.41) is 18.9. The third-order valence-electron chi connectivity index (χ3n) is 2.33. The molecule has 2 aliphatic heterocycles. The highest BCUT2D eigenvalue weighted by Gasteiger charge is 2.50. The van der Waals surface area contributed by atoms with Crippen LogP contribution in [0, 0.1) is 0 Å². The molecule has 0 aromatic carbocycles. The molecule has 0 amide bonds. The monoisotopic (exact) mass is 176 g/mol. The number of hydrogen-bond donors (Lipinski definition) is 2. The Morgan fingerprint density at radius 2 is 2.08 bits per heavy atom. The molecule has 2 rings (SSSR count). The van der Waals surface area contributed by atoms with Gasteiger partial charge in [0.05, 0.1) is 6.61 Å². The maximum Gasteiger partial charge on any atom is 0.186 e. The molecule has 0 saturated carbocycles. The van der Waals surface area contributed by atoms with Crippen molar-refractivity contribution in [1.82, 2.24) is 0 Å². The molecule has 0 spiro atoms. The molecule has 2 fully saturated rings. The minimum Gasteiger partial charge on any atom is -0.387 e. The van der Waals surface area contributed by atoms with E-state index in [0.29, 0.717) is 6.61 Å². The van der Waals surface area contributed by atoms with Crippen molar-refractivity contribution in [2.24, 2.45) is 0 Å². The lowest BCUT2D eigenvalue weighted by Gasteiger charge is -2.33. The fourth-order valence-corrected chi connectivity index (χ4v) is 1.64. The zero-order valence-electron chi connectivity index (χ0n) is 6.71. The van der Waals surface area contributed by atoms with Crippen LogP contribution in [0.15, 0.2) is 0 Å². The second kappa shape index (κ2) is 2.93. The summed E-state index contributed by atoms with van der Waals surface area (Å²) in [5.41, 5.74) is 0. The number of aliphatic hydroxyl groups is 2. The van der Waals surface area contributed by atoms with E-state index in [4.69, 9.17) is 14.2 Å². The largest absolute Gasteiger partial charge is 0.387 e. The Balaban J connectivity index is 2.12. The van der Waals surface area contributed by atoms with Gasteiger partial charge in [-0.2, -0.15) is 0 Å². The van der Waals surface area contributed by atoms with Gasteiger partial charge in [-0.25, -0.2) is 0 Å². The molecule has 12 heavy (non-hydrogen) atoms. The Morgan fingerprint density at radius 1 is 1.33 bits per heavy atom. The Kier molecular flexibility index (Phi) is 2.05. The highest BCUT2D eigenvalue weighted by Crippen LogP contribution is 2.29. The highest BCUT2D eigenvalue weighted by atomic mass is 16.7. The van der Waals surface area contributed by atoms with Crippen LogP contribution in [0.2, 0.25) is 0 Å². The second-order valence-corrected chi connectivity index (χ2v) is 3.06. The summed E-state index contributed by atoms with van der Waals surface area (Å²) in [7, 11) is 1.45. The zero-order valence-corrected chi connectivity index (χ0v) is 6.71. The van der Waals surface area contributed by atoms with Crippen LogP contribution in [0.1, 0.15) is 0 Å². The molecule has 0 unspecified atom stereocenters. The van der Waals surface area contributed by atoms with E-state index in [9.17, 15) is 10.2 Å². The predicted octanol–water partition coefficient (Wildman–Crippen LogP) is -1.52. The van der Waals surface area contributed by atoms with Gasteiger partial charge in [0, 0.05) is 7.11 Å². The van der Waals surface area contributed by atoms with E-state index in [1.165, 1.54) is 7.11 Å². The fraction of sp³-hybridized carbons (Fsp3) is 1.00. The van der Waals surface area contributed by atoms with Gasteiger partial charge in [0.25, 0.3) is 0 Å². The van der Waals surface area contributed by atoms with Gasteiger partial charge in [-0.1, -0.05) is 0 Å². The topological polar surface area (TPSA) is 68.2 Å². The van der Waals surface area contributed by atoms with Crippen LogP contribution in [-0.4, -0.2) is 54.6 Å². The number of methoxy groups -OCH3 is 1. The minimum absolute atomic E-state index is 0.322. The van der Waals surface area contributed by atoms with E-state index in [2.05, 4.69) is 0 Å². The van der Waals surface area contributed by atoms with Crippen molar-refractivity contribution < 1.29 is 24.4 Å². The molecule has 2 N–H and O–H groups in total. The maximum atomic E-state index is 9.49. The van der Waals surface area contributed by atoms with Crippen molar-refractivity contribution in [3.63, 3.8) is 0 Å². The molecule has 0 aliphatic carbocycles. The van der Waals surface area contributed by atoms with Crippen molar-refractivity contribution in [2.45, 2.75) is 30.7 Å². The van der Waals surface area contributed by atoms with Gasteiger partial charge >= 0.3 is 0 Å². The summed E-state index contributed by atoms with van der Waals surface area (Å²) in [6.07, 6.45) is -3.22. The first kappa shape index (κ1) is 8.40.